The molecule has 27 heavy (non-hydrogen) atoms. The van der Waals surface area contributed by atoms with E-state index in [1.807, 2.05) is 49.6 Å². The first-order chi connectivity index (χ1) is 13.2. The van der Waals surface area contributed by atoms with Crippen molar-refractivity contribution >= 4 is 38.3 Å². The van der Waals surface area contributed by atoms with Crippen LogP contribution < -0.4 is 10.2 Å². The minimum Gasteiger partial charge on any atom is -0.369 e. The van der Waals surface area contributed by atoms with Crippen LogP contribution >= 0.6 is 11.3 Å². The maximum Gasteiger partial charge on any atom is 0.227 e. The van der Waals surface area contributed by atoms with Crippen LogP contribution in [0.2, 0.25) is 0 Å². The van der Waals surface area contributed by atoms with Crippen molar-refractivity contribution in [3.8, 4) is 0 Å². The van der Waals surface area contributed by atoms with Crippen LogP contribution in [0.4, 0.5) is 10.8 Å². The van der Waals surface area contributed by atoms with Crippen LogP contribution in [0.3, 0.4) is 0 Å². The molecule has 3 aromatic rings. The minimum atomic E-state index is 0.0308. The lowest BCUT2D eigenvalue weighted by molar-refractivity contribution is -0.116. The van der Waals surface area contributed by atoms with Gasteiger partial charge < -0.3 is 10.2 Å². The number of piperazine rings is 1. The number of nitrogens with one attached hydrogen (secondary N) is 1. The lowest BCUT2D eigenvalue weighted by Crippen LogP contribution is -2.47. The molecule has 0 radical (unpaired) electrons. The number of carbonyl (C=O) groups is 1. The third-order valence-electron chi connectivity index (χ3n) is 4.92. The minimum absolute atomic E-state index is 0.0308. The molecule has 1 saturated heterocycles. The highest BCUT2D eigenvalue weighted by Crippen LogP contribution is 2.27. The molecule has 0 saturated carbocycles. The summed E-state index contributed by atoms with van der Waals surface area (Å²) in [7, 11) is 0. The number of benzene rings is 1. The number of hydrogen-bond donors (Lipinski definition) is 1. The van der Waals surface area contributed by atoms with Gasteiger partial charge in [0, 0.05) is 57.2 Å². The standard InChI is InChI=1S/C20H23N5OS/c1-15-3-2-4-17-19(15)23-20(27-17)22-18(26)7-10-24-11-13-25(14-12-24)16-5-8-21-9-6-16/h2-6,8-9H,7,10-14H2,1H3,(H,22,23,26). The Morgan fingerprint density at radius 1 is 1.15 bits per heavy atom. The molecule has 0 atom stereocenters. The fraction of sp³-hybridized carbons (Fsp3) is 0.350. The summed E-state index contributed by atoms with van der Waals surface area (Å²) in [6, 6.07) is 10.2. The fourth-order valence-corrected chi connectivity index (χ4v) is 4.33. The van der Waals surface area contributed by atoms with Crippen LogP contribution in [-0.4, -0.2) is 53.5 Å². The number of rotatable bonds is 5. The van der Waals surface area contributed by atoms with Gasteiger partial charge in [0.05, 0.1) is 10.2 Å². The van der Waals surface area contributed by atoms with Crippen LogP contribution in [-0.2, 0) is 4.79 Å². The number of pyridine rings is 1. The monoisotopic (exact) mass is 381 g/mol. The number of anilines is 2. The molecule has 0 spiro atoms. The van der Waals surface area contributed by atoms with E-state index >= 15 is 0 Å². The van der Waals surface area contributed by atoms with E-state index in [4.69, 9.17) is 0 Å². The van der Waals surface area contributed by atoms with E-state index in [0.29, 0.717) is 11.6 Å². The number of aryl methyl sites for hydroxylation is 1. The second-order valence-corrected chi connectivity index (χ2v) is 7.80. The van der Waals surface area contributed by atoms with Gasteiger partial charge in [0.25, 0.3) is 0 Å². The average Bonchev–Trinajstić information content (AvgIpc) is 3.11. The average molecular weight is 382 g/mol. The SMILES string of the molecule is Cc1cccc2sc(NC(=O)CCN3CCN(c4ccncc4)CC3)nc12. The van der Waals surface area contributed by atoms with E-state index < -0.39 is 0 Å². The third kappa shape index (κ3) is 4.26. The van der Waals surface area contributed by atoms with Gasteiger partial charge in [-0.05, 0) is 30.7 Å². The molecule has 1 fully saturated rings. The second-order valence-electron chi connectivity index (χ2n) is 6.77. The molecule has 0 unspecified atom stereocenters. The predicted octanol–water partition coefficient (Wildman–Crippen LogP) is 3.15. The highest BCUT2D eigenvalue weighted by molar-refractivity contribution is 7.22. The lowest BCUT2D eigenvalue weighted by atomic mass is 10.2. The van der Waals surface area contributed by atoms with Gasteiger partial charge in [-0.15, -0.1) is 0 Å². The molecular formula is C20H23N5OS. The molecule has 2 aromatic heterocycles. The molecule has 1 aliphatic heterocycles. The van der Waals surface area contributed by atoms with Crippen molar-refractivity contribution in [3.05, 3.63) is 48.3 Å². The zero-order valence-corrected chi connectivity index (χ0v) is 16.2. The summed E-state index contributed by atoms with van der Waals surface area (Å²) in [6.45, 7) is 6.70. The molecule has 0 aliphatic carbocycles. The van der Waals surface area contributed by atoms with E-state index in [1.165, 1.54) is 17.0 Å². The summed E-state index contributed by atoms with van der Waals surface area (Å²) >= 11 is 1.53. The number of thiazole rings is 1. The molecule has 6 nitrogen and oxygen atoms in total. The topological polar surface area (TPSA) is 61.4 Å². The van der Waals surface area contributed by atoms with Gasteiger partial charge in [-0.25, -0.2) is 4.98 Å². The Hall–Kier alpha value is -2.51. The summed E-state index contributed by atoms with van der Waals surface area (Å²) in [5.41, 5.74) is 3.33. The highest BCUT2D eigenvalue weighted by Gasteiger charge is 2.18. The number of amides is 1. The van der Waals surface area contributed by atoms with Crippen LogP contribution in [0.15, 0.2) is 42.7 Å². The van der Waals surface area contributed by atoms with E-state index in [2.05, 4.69) is 25.1 Å². The molecule has 140 valence electrons. The molecule has 1 amide bonds. The fourth-order valence-electron chi connectivity index (χ4n) is 3.37. The normalized spacial score (nSPS) is 15.2. The second kappa shape index (κ2) is 8.02. The molecule has 4 rings (SSSR count). The third-order valence-corrected chi connectivity index (χ3v) is 5.86. The van der Waals surface area contributed by atoms with Crippen LogP contribution in [0.25, 0.3) is 10.2 Å². The molecule has 1 aromatic carbocycles. The molecular weight excluding hydrogens is 358 g/mol. The van der Waals surface area contributed by atoms with Gasteiger partial charge in [0.1, 0.15) is 0 Å². The number of aromatic nitrogens is 2. The zero-order chi connectivity index (χ0) is 18.6. The number of para-hydroxylation sites is 1. The highest BCUT2D eigenvalue weighted by atomic mass is 32.1. The Kier molecular flexibility index (Phi) is 5.31. The van der Waals surface area contributed by atoms with Crippen molar-refractivity contribution < 1.29 is 4.79 Å². The summed E-state index contributed by atoms with van der Waals surface area (Å²) < 4.78 is 1.11. The maximum atomic E-state index is 12.3. The maximum absolute atomic E-state index is 12.3. The first-order valence-corrected chi connectivity index (χ1v) is 10.0. The van der Waals surface area contributed by atoms with Crippen molar-refractivity contribution in [2.45, 2.75) is 13.3 Å². The largest absolute Gasteiger partial charge is 0.369 e. The summed E-state index contributed by atoms with van der Waals surface area (Å²) in [6.07, 6.45) is 4.15. The van der Waals surface area contributed by atoms with E-state index in [0.717, 1.165) is 48.5 Å². The van der Waals surface area contributed by atoms with Gasteiger partial charge in [-0.2, -0.15) is 0 Å². The summed E-state index contributed by atoms with van der Waals surface area (Å²) in [4.78, 5) is 25.6. The van der Waals surface area contributed by atoms with Gasteiger partial charge in [0.15, 0.2) is 5.13 Å². The lowest BCUT2D eigenvalue weighted by Gasteiger charge is -2.35. The van der Waals surface area contributed by atoms with Crippen molar-refractivity contribution in [3.63, 3.8) is 0 Å². The number of nitrogens with zero attached hydrogens (tertiary/aromatic N) is 4. The summed E-state index contributed by atoms with van der Waals surface area (Å²) in [5.74, 6) is 0.0308. The van der Waals surface area contributed by atoms with Gasteiger partial charge in [0.2, 0.25) is 5.91 Å². The number of hydrogen-bond acceptors (Lipinski definition) is 6. The number of carbonyl (C=O) groups excluding carboxylic acids is 1. The van der Waals surface area contributed by atoms with Crippen molar-refractivity contribution in [1.29, 1.82) is 0 Å². The van der Waals surface area contributed by atoms with Crippen molar-refractivity contribution in [2.75, 3.05) is 42.9 Å². The van der Waals surface area contributed by atoms with Gasteiger partial charge >= 0.3 is 0 Å². The summed E-state index contributed by atoms with van der Waals surface area (Å²) in [5, 5.41) is 3.64. The van der Waals surface area contributed by atoms with E-state index in [9.17, 15) is 4.79 Å². The van der Waals surface area contributed by atoms with Gasteiger partial charge in [-0.3, -0.25) is 14.7 Å². The van der Waals surface area contributed by atoms with E-state index in [1.54, 1.807) is 0 Å². The first-order valence-electron chi connectivity index (χ1n) is 9.22. The molecule has 0 bridgehead atoms. The Morgan fingerprint density at radius 2 is 1.93 bits per heavy atom. The Balaban J connectivity index is 1.25. The van der Waals surface area contributed by atoms with Crippen LogP contribution in [0, 0.1) is 6.92 Å². The molecule has 3 heterocycles. The first kappa shape index (κ1) is 17.9. The Labute approximate surface area is 162 Å². The Bertz CT molecular complexity index is 919. The smallest absolute Gasteiger partial charge is 0.227 e. The quantitative estimate of drug-likeness (QED) is 0.736. The van der Waals surface area contributed by atoms with Gasteiger partial charge in [-0.1, -0.05) is 23.5 Å². The molecule has 1 aliphatic rings. The molecule has 7 heteroatoms. The number of fused-ring (bicyclic) bond motifs is 1. The van der Waals surface area contributed by atoms with Crippen LogP contribution in [0.1, 0.15) is 12.0 Å². The predicted molar refractivity (Wildman–Crippen MR) is 110 cm³/mol. The van der Waals surface area contributed by atoms with Crippen LogP contribution in [0.5, 0.6) is 0 Å². The van der Waals surface area contributed by atoms with Crippen molar-refractivity contribution in [1.82, 2.24) is 14.9 Å². The Morgan fingerprint density at radius 3 is 2.67 bits per heavy atom. The molecule has 1 N–H and O–H groups in total. The zero-order valence-electron chi connectivity index (χ0n) is 15.4. The van der Waals surface area contributed by atoms with Crippen molar-refractivity contribution in [2.24, 2.45) is 0 Å². The van der Waals surface area contributed by atoms with E-state index in [-0.39, 0.29) is 5.91 Å².